The van der Waals surface area contributed by atoms with Gasteiger partial charge < -0.3 is 5.32 Å². The molecule has 1 heterocycles. The molecule has 0 aromatic rings. The monoisotopic (exact) mass is 267 g/mol. The van der Waals surface area contributed by atoms with E-state index >= 15 is 0 Å². The Hall–Kier alpha value is -0.380. The number of nitrogens with one attached hydrogen (secondary N) is 1. The van der Waals surface area contributed by atoms with Gasteiger partial charge in [-0.3, -0.25) is 9.80 Å². The summed E-state index contributed by atoms with van der Waals surface area (Å²) in [6.45, 7) is 22.1. The van der Waals surface area contributed by atoms with Crippen LogP contribution in [0.25, 0.3) is 0 Å². The smallest absolute Gasteiger partial charge is 0.0235 e. The quantitative estimate of drug-likeness (QED) is 0.714. The van der Waals surface area contributed by atoms with Crippen LogP contribution in [0.15, 0.2) is 12.2 Å². The standard InChI is InChI=1S/C16H33N3/c1-7-19(8-2)15-9-10-18(13-15)12-14(3)11-17-16(4,5)6/h15,17H,3,7-13H2,1-2,4-6H3. The highest BCUT2D eigenvalue weighted by atomic mass is 15.2. The van der Waals surface area contributed by atoms with Crippen LogP contribution in [0.4, 0.5) is 0 Å². The lowest BCUT2D eigenvalue weighted by Crippen LogP contribution is -2.40. The van der Waals surface area contributed by atoms with Gasteiger partial charge in [-0.05, 0) is 45.9 Å². The summed E-state index contributed by atoms with van der Waals surface area (Å²) in [5, 5.41) is 3.52. The third-order valence-corrected chi connectivity index (χ3v) is 3.89. The third kappa shape index (κ3) is 6.07. The van der Waals surface area contributed by atoms with Crippen molar-refractivity contribution in [3.05, 3.63) is 12.2 Å². The second-order valence-corrected chi connectivity index (χ2v) is 6.75. The predicted octanol–water partition coefficient (Wildman–Crippen LogP) is 2.35. The summed E-state index contributed by atoms with van der Waals surface area (Å²) in [6, 6.07) is 0.748. The molecule has 19 heavy (non-hydrogen) atoms. The van der Waals surface area contributed by atoms with Gasteiger partial charge in [0.2, 0.25) is 0 Å². The summed E-state index contributed by atoms with van der Waals surface area (Å²) in [7, 11) is 0. The minimum atomic E-state index is 0.178. The Kier molecular flexibility index (Phi) is 6.51. The maximum atomic E-state index is 4.21. The van der Waals surface area contributed by atoms with E-state index in [1.54, 1.807) is 0 Å². The number of likely N-dealkylation sites (N-methyl/N-ethyl adjacent to an activating group) is 1. The molecule has 3 nitrogen and oxygen atoms in total. The molecule has 0 aromatic heterocycles. The highest BCUT2D eigenvalue weighted by molar-refractivity contribution is 5.02. The fourth-order valence-electron chi connectivity index (χ4n) is 2.76. The Labute approximate surface area is 120 Å². The average molecular weight is 267 g/mol. The highest BCUT2D eigenvalue weighted by Crippen LogP contribution is 2.16. The van der Waals surface area contributed by atoms with Crippen molar-refractivity contribution in [3.63, 3.8) is 0 Å². The molecule has 1 N–H and O–H groups in total. The highest BCUT2D eigenvalue weighted by Gasteiger charge is 2.26. The van der Waals surface area contributed by atoms with Crippen LogP contribution in [0.3, 0.4) is 0 Å². The number of hydrogen-bond acceptors (Lipinski definition) is 3. The molecule has 0 aromatic carbocycles. The van der Waals surface area contributed by atoms with Gasteiger partial charge in [0.15, 0.2) is 0 Å². The average Bonchev–Trinajstić information content (AvgIpc) is 2.76. The molecule has 0 spiro atoms. The van der Waals surface area contributed by atoms with Crippen molar-refractivity contribution in [1.29, 1.82) is 0 Å². The molecule has 1 aliphatic rings. The van der Waals surface area contributed by atoms with E-state index in [4.69, 9.17) is 0 Å². The lowest BCUT2D eigenvalue weighted by atomic mass is 10.1. The predicted molar refractivity (Wildman–Crippen MR) is 84.7 cm³/mol. The van der Waals surface area contributed by atoms with Gasteiger partial charge in [0.25, 0.3) is 0 Å². The van der Waals surface area contributed by atoms with Crippen LogP contribution in [0.5, 0.6) is 0 Å². The molecule has 1 atom stereocenters. The van der Waals surface area contributed by atoms with Crippen LogP contribution in [-0.2, 0) is 0 Å². The zero-order valence-corrected chi connectivity index (χ0v) is 13.6. The number of hydrogen-bond donors (Lipinski definition) is 1. The van der Waals surface area contributed by atoms with Crippen LogP contribution < -0.4 is 5.32 Å². The molecule has 1 rings (SSSR count). The maximum Gasteiger partial charge on any atom is 0.0235 e. The maximum absolute atomic E-state index is 4.21. The first kappa shape index (κ1) is 16.7. The zero-order chi connectivity index (χ0) is 14.5. The Morgan fingerprint density at radius 1 is 1.32 bits per heavy atom. The van der Waals surface area contributed by atoms with E-state index in [1.807, 2.05) is 0 Å². The molecule has 0 aliphatic carbocycles. The first-order valence-electron chi connectivity index (χ1n) is 7.73. The lowest BCUT2D eigenvalue weighted by molar-refractivity contribution is 0.214. The fourth-order valence-corrected chi connectivity index (χ4v) is 2.76. The van der Waals surface area contributed by atoms with E-state index in [9.17, 15) is 0 Å². The third-order valence-electron chi connectivity index (χ3n) is 3.89. The molecule has 1 fully saturated rings. The minimum Gasteiger partial charge on any atom is -0.308 e. The Balaban J connectivity index is 2.30. The first-order chi connectivity index (χ1) is 8.85. The topological polar surface area (TPSA) is 18.5 Å². The van der Waals surface area contributed by atoms with E-state index in [2.05, 4.69) is 56.3 Å². The van der Waals surface area contributed by atoms with Crippen LogP contribution >= 0.6 is 0 Å². The van der Waals surface area contributed by atoms with E-state index in [1.165, 1.54) is 38.2 Å². The van der Waals surface area contributed by atoms with Gasteiger partial charge >= 0.3 is 0 Å². The molecule has 1 unspecified atom stereocenters. The van der Waals surface area contributed by atoms with Crippen molar-refractivity contribution in [2.24, 2.45) is 0 Å². The lowest BCUT2D eigenvalue weighted by Gasteiger charge is -2.27. The summed E-state index contributed by atoms with van der Waals surface area (Å²) in [5.74, 6) is 0. The molecule has 0 radical (unpaired) electrons. The van der Waals surface area contributed by atoms with E-state index < -0.39 is 0 Å². The fraction of sp³-hybridized carbons (Fsp3) is 0.875. The minimum absolute atomic E-state index is 0.178. The summed E-state index contributed by atoms with van der Waals surface area (Å²) in [6.07, 6.45) is 1.31. The molecule has 1 saturated heterocycles. The van der Waals surface area contributed by atoms with E-state index in [0.29, 0.717) is 0 Å². The zero-order valence-electron chi connectivity index (χ0n) is 13.6. The summed E-state index contributed by atoms with van der Waals surface area (Å²) < 4.78 is 0. The Bertz CT molecular complexity index is 276. The molecule has 0 saturated carbocycles. The van der Waals surface area contributed by atoms with Crippen molar-refractivity contribution >= 4 is 0 Å². The summed E-state index contributed by atoms with van der Waals surface area (Å²) in [4.78, 5) is 5.13. The van der Waals surface area contributed by atoms with Gasteiger partial charge in [-0.2, -0.15) is 0 Å². The van der Waals surface area contributed by atoms with Crippen molar-refractivity contribution in [3.8, 4) is 0 Å². The normalized spacial score (nSPS) is 21.3. The van der Waals surface area contributed by atoms with Crippen LogP contribution in [-0.4, -0.2) is 60.6 Å². The largest absolute Gasteiger partial charge is 0.308 e. The van der Waals surface area contributed by atoms with Gasteiger partial charge in [0.05, 0.1) is 0 Å². The molecule has 1 aliphatic heterocycles. The van der Waals surface area contributed by atoms with Crippen molar-refractivity contribution < 1.29 is 0 Å². The van der Waals surface area contributed by atoms with Crippen molar-refractivity contribution in [1.82, 2.24) is 15.1 Å². The van der Waals surface area contributed by atoms with Crippen LogP contribution in [0.1, 0.15) is 41.0 Å². The number of rotatable bonds is 7. The Morgan fingerprint density at radius 2 is 1.95 bits per heavy atom. The molecule has 112 valence electrons. The van der Waals surface area contributed by atoms with Crippen LogP contribution in [0, 0.1) is 0 Å². The second kappa shape index (κ2) is 7.41. The van der Waals surface area contributed by atoms with Gasteiger partial charge in [0.1, 0.15) is 0 Å². The molecular weight excluding hydrogens is 234 g/mol. The first-order valence-corrected chi connectivity index (χ1v) is 7.73. The van der Waals surface area contributed by atoms with Crippen molar-refractivity contribution in [2.45, 2.75) is 52.6 Å². The number of nitrogens with zero attached hydrogens (tertiary/aromatic N) is 2. The summed E-state index contributed by atoms with van der Waals surface area (Å²) >= 11 is 0. The van der Waals surface area contributed by atoms with E-state index in [0.717, 1.165) is 19.1 Å². The molecule has 0 amide bonds. The number of likely N-dealkylation sites (tertiary alicyclic amines) is 1. The Morgan fingerprint density at radius 3 is 2.47 bits per heavy atom. The van der Waals surface area contributed by atoms with Gasteiger partial charge in [-0.15, -0.1) is 0 Å². The summed E-state index contributed by atoms with van der Waals surface area (Å²) in [5.41, 5.74) is 1.48. The van der Waals surface area contributed by atoms with Gasteiger partial charge in [0, 0.05) is 37.8 Å². The van der Waals surface area contributed by atoms with E-state index in [-0.39, 0.29) is 5.54 Å². The van der Waals surface area contributed by atoms with Crippen LogP contribution in [0.2, 0.25) is 0 Å². The van der Waals surface area contributed by atoms with Crippen molar-refractivity contribution in [2.75, 3.05) is 39.3 Å². The second-order valence-electron chi connectivity index (χ2n) is 6.75. The van der Waals surface area contributed by atoms with Gasteiger partial charge in [-0.25, -0.2) is 0 Å². The molecular formula is C16H33N3. The van der Waals surface area contributed by atoms with Gasteiger partial charge in [-0.1, -0.05) is 20.4 Å². The SMILES string of the molecule is C=C(CNC(C)(C)C)CN1CCC(N(CC)CC)C1. The molecule has 3 heteroatoms. The molecule has 0 bridgehead atoms.